The molecule has 0 saturated heterocycles. The molecule has 0 aliphatic heterocycles. The number of rotatable bonds is 4. The molecular weight excluding hydrogens is 202 g/mol. The van der Waals surface area contributed by atoms with Crippen molar-refractivity contribution in [3.8, 4) is 0 Å². The maximum absolute atomic E-state index is 8.36. The second-order valence-electron chi connectivity index (χ2n) is 3.56. The standard InChI is InChI=1S/C9H19N3O.ClH/c1-8(2)5-6-10-9(7-11-13)12(3)4;/h7-8,13H,5-6H2,1-4H3;1H/b10-9-,11-7+;. The summed E-state index contributed by atoms with van der Waals surface area (Å²) in [5.41, 5.74) is 0. The van der Waals surface area contributed by atoms with Crippen molar-refractivity contribution in [1.82, 2.24) is 4.90 Å². The molecule has 0 amide bonds. The molecule has 0 rings (SSSR count). The van der Waals surface area contributed by atoms with Gasteiger partial charge in [0.15, 0.2) is 0 Å². The van der Waals surface area contributed by atoms with E-state index in [0.29, 0.717) is 11.8 Å². The van der Waals surface area contributed by atoms with Gasteiger partial charge < -0.3 is 10.1 Å². The molecule has 0 fully saturated rings. The number of halogens is 1. The molecule has 14 heavy (non-hydrogen) atoms. The van der Waals surface area contributed by atoms with Gasteiger partial charge in [0.1, 0.15) is 12.1 Å². The van der Waals surface area contributed by atoms with Gasteiger partial charge >= 0.3 is 0 Å². The fourth-order valence-corrected chi connectivity index (χ4v) is 0.787. The highest BCUT2D eigenvalue weighted by Crippen LogP contribution is 1.98. The van der Waals surface area contributed by atoms with Crippen LogP contribution < -0.4 is 0 Å². The molecule has 0 aromatic heterocycles. The zero-order valence-corrected chi connectivity index (χ0v) is 10.1. The van der Waals surface area contributed by atoms with Crippen LogP contribution in [0, 0.1) is 5.92 Å². The summed E-state index contributed by atoms with van der Waals surface area (Å²) in [6.07, 6.45) is 2.40. The first-order valence-electron chi connectivity index (χ1n) is 4.47. The minimum Gasteiger partial charge on any atom is -0.411 e. The van der Waals surface area contributed by atoms with Gasteiger partial charge in [-0.25, -0.2) is 0 Å². The van der Waals surface area contributed by atoms with Crippen LogP contribution in [0.5, 0.6) is 0 Å². The smallest absolute Gasteiger partial charge is 0.145 e. The number of hydrogen-bond acceptors (Lipinski definition) is 3. The van der Waals surface area contributed by atoms with Gasteiger partial charge in [0.25, 0.3) is 0 Å². The van der Waals surface area contributed by atoms with E-state index in [1.54, 1.807) is 0 Å². The second-order valence-corrected chi connectivity index (χ2v) is 3.56. The lowest BCUT2D eigenvalue weighted by Crippen LogP contribution is -2.23. The minimum atomic E-state index is 0. The first-order chi connectivity index (χ1) is 6.07. The summed E-state index contributed by atoms with van der Waals surface area (Å²) in [7, 11) is 3.74. The molecule has 0 atom stereocenters. The summed E-state index contributed by atoms with van der Waals surface area (Å²) in [4.78, 5) is 6.11. The van der Waals surface area contributed by atoms with Crippen LogP contribution in [0.2, 0.25) is 0 Å². The first-order valence-corrected chi connectivity index (χ1v) is 4.47. The molecule has 0 radical (unpaired) electrons. The predicted molar refractivity (Wildman–Crippen MR) is 63.0 cm³/mol. The molecule has 0 aromatic carbocycles. The highest BCUT2D eigenvalue weighted by atomic mass is 35.5. The summed E-state index contributed by atoms with van der Waals surface area (Å²) in [6, 6.07) is 0. The van der Waals surface area contributed by atoms with Crippen LogP contribution in [0.4, 0.5) is 0 Å². The molecule has 5 heteroatoms. The Morgan fingerprint density at radius 3 is 2.36 bits per heavy atom. The van der Waals surface area contributed by atoms with Gasteiger partial charge in [-0.1, -0.05) is 19.0 Å². The Morgan fingerprint density at radius 1 is 1.43 bits per heavy atom. The topological polar surface area (TPSA) is 48.2 Å². The maximum atomic E-state index is 8.36. The van der Waals surface area contributed by atoms with Crippen LogP contribution in [0.3, 0.4) is 0 Å². The average molecular weight is 222 g/mol. The molecular formula is C9H20ClN3O. The first kappa shape index (κ1) is 15.7. The molecule has 0 bridgehead atoms. The summed E-state index contributed by atoms with van der Waals surface area (Å²) in [6.45, 7) is 5.09. The van der Waals surface area contributed by atoms with Crippen molar-refractivity contribution in [3.63, 3.8) is 0 Å². The van der Waals surface area contributed by atoms with Gasteiger partial charge in [-0.05, 0) is 12.3 Å². The van der Waals surface area contributed by atoms with Crippen molar-refractivity contribution in [1.29, 1.82) is 0 Å². The Hall–Kier alpha value is -0.770. The second kappa shape index (κ2) is 8.81. The van der Waals surface area contributed by atoms with Gasteiger partial charge in [-0.2, -0.15) is 0 Å². The Balaban J connectivity index is 0. The van der Waals surface area contributed by atoms with Crippen molar-refractivity contribution in [2.24, 2.45) is 16.1 Å². The predicted octanol–water partition coefficient (Wildman–Crippen LogP) is 1.87. The molecule has 0 spiro atoms. The molecule has 0 aliphatic rings. The Kier molecular flexibility index (Phi) is 9.88. The van der Waals surface area contributed by atoms with E-state index in [-0.39, 0.29) is 12.4 Å². The molecule has 0 unspecified atom stereocenters. The lowest BCUT2D eigenvalue weighted by molar-refractivity contribution is 0.322. The van der Waals surface area contributed by atoms with Crippen LogP contribution in [0.1, 0.15) is 20.3 Å². The number of amidine groups is 1. The summed E-state index contributed by atoms with van der Waals surface area (Å²) in [5.74, 6) is 1.35. The van der Waals surface area contributed by atoms with Crippen molar-refractivity contribution in [2.75, 3.05) is 20.6 Å². The van der Waals surface area contributed by atoms with Crippen LogP contribution in [0.15, 0.2) is 10.1 Å². The molecule has 0 heterocycles. The fraction of sp³-hybridized carbons (Fsp3) is 0.778. The van der Waals surface area contributed by atoms with Gasteiger partial charge in [-0.3, -0.25) is 4.99 Å². The molecule has 4 nitrogen and oxygen atoms in total. The number of aliphatic imine (C=N–C) groups is 1. The van der Waals surface area contributed by atoms with Crippen molar-refractivity contribution >= 4 is 24.5 Å². The van der Waals surface area contributed by atoms with Crippen molar-refractivity contribution in [3.05, 3.63) is 0 Å². The fourth-order valence-electron chi connectivity index (χ4n) is 0.787. The van der Waals surface area contributed by atoms with Crippen molar-refractivity contribution < 1.29 is 5.21 Å². The van der Waals surface area contributed by atoms with E-state index in [1.807, 2.05) is 19.0 Å². The summed E-state index contributed by atoms with van der Waals surface area (Å²) in [5, 5.41) is 11.3. The third-order valence-corrected chi connectivity index (χ3v) is 1.61. The maximum Gasteiger partial charge on any atom is 0.145 e. The molecule has 0 saturated carbocycles. The van der Waals surface area contributed by atoms with Crippen molar-refractivity contribution in [2.45, 2.75) is 20.3 Å². The number of nitrogens with zero attached hydrogens (tertiary/aromatic N) is 3. The van der Waals surface area contributed by atoms with E-state index in [0.717, 1.165) is 13.0 Å². The van der Waals surface area contributed by atoms with Crippen LogP contribution in [-0.4, -0.2) is 42.8 Å². The molecule has 84 valence electrons. The minimum absolute atomic E-state index is 0. The Bertz CT molecular complexity index is 190. The largest absolute Gasteiger partial charge is 0.411 e. The van der Waals surface area contributed by atoms with Crippen LogP contribution in [0.25, 0.3) is 0 Å². The third kappa shape index (κ3) is 7.86. The summed E-state index contributed by atoms with van der Waals surface area (Å²) < 4.78 is 0. The van der Waals surface area contributed by atoms with Gasteiger partial charge in [0.05, 0.1) is 0 Å². The van der Waals surface area contributed by atoms with Crippen LogP contribution >= 0.6 is 12.4 Å². The van der Waals surface area contributed by atoms with E-state index in [1.165, 1.54) is 6.21 Å². The number of hydrogen-bond donors (Lipinski definition) is 1. The zero-order valence-electron chi connectivity index (χ0n) is 9.27. The van der Waals surface area contributed by atoms with E-state index < -0.39 is 0 Å². The Labute approximate surface area is 92.1 Å². The van der Waals surface area contributed by atoms with Gasteiger partial charge in [0, 0.05) is 20.6 Å². The van der Waals surface area contributed by atoms with Gasteiger partial charge in [0.2, 0.25) is 0 Å². The van der Waals surface area contributed by atoms with Gasteiger partial charge in [-0.15, -0.1) is 12.4 Å². The molecule has 1 N–H and O–H groups in total. The lowest BCUT2D eigenvalue weighted by atomic mass is 10.1. The van der Waals surface area contributed by atoms with Crippen LogP contribution in [-0.2, 0) is 0 Å². The molecule has 0 aliphatic carbocycles. The quantitative estimate of drug-likeness (QED) is 0.341. The SMILES string of the molecule is CC(C)CC/N=C(/C=N/O)N(C)C.Cl. The summed E-state index contributed by atoms with van der Waals surface area (Å²) >= 11 is 0. The lowest BCUT2D eigenvalue weighted by Gasteiger charge is -2.11. The monoisotopic (exact) mass is 221 g/mol. The van der Waals surface area contributed by atoms with E-state index >= 15 is 0 Å². The van der Waals surface area contributed by atoms with E-state index in [2.05, 4.69) is 24.0 Å². The number of oxime groups is 1. The average Bonchev–Trinajstić information content (AvgIpc) is 2.02. The van der Waals surface area contributed by atoms with E-state index in [9.17, 15) is 0 Å². The third-order valence-electron chi connectivity index (χ3n) is 1.61. The zero-order chi connectivity index (χ0) is 10.3. The highest BCUT2D eigenvalue weighted by Gasteiger charge is 1.98. The normalized spacial score (nSPS) is 11.9. The van der Waals surface area contributed by atoms with E-state index in [4.69, 9.17) is 5.21 Å². The molecule has 0 aromatic rings. The Morgan fingerprint density at radius 2 is 2.00 bits per heavy atom. The highest BCUT2D eigenvalue weighted by molar-refractivity contribution is 6.28.